The van der Waals surface area contributed by atoms with Crippen LogP contribution in [0.1, 0.15) is 23.0 Å². The Morgan fingerprint density at radius 2 is 2.04 bits per heavy atom. The lowest BCUT2D eigenvalue weighted by Crippen LogP contribution is -2.34. The van der Waals surface area contributed by atoms with E-state index >= 15 is 0 Å². The molecule has 0 aliphatic carbocycles. The van der Waals surface area contributed by atoms with Crippen LogP contribution in [0.4, 0.5) is 0 Å². The lowest BCUT2D eigenvalue weighted by atomic mass is 10.2. The first kappa shape index (κ1) is 15.8. The fourth-order valence-electron chi connectivity index (χ4n) is 2.83. The number of thiophene rings is 1. The SMILES string of the molecule is CCn1c(C(=O)N(CCO)Cc2ccccc2)cc2sccc21. The second kappa shape index (κ2) is 6.98. The van der Waals surface area contributed by atoms with Crippen molar-refractivity contribution < 1.29 is 9.90 Å². The van der Waals surface area contributed by atoms with Crippen LogP contribution in [-0.2, 0) is 13.1 Å². The van der Waals surface area contributed by atoms with Gasteiger partial charge in [-0.05, 0) is 30.0 Å². The number of benzene rings is 1. The molecular formula is C18H20N2O2S. The van der Waals surface area contributed by atoms with Crippen molar-refractivity contribution in [2.75, 3.05) is 13.2 Å². The number of hydrogen-bond donors (Lipinski definition) is 1. The molecule has 0 aliphatic heterocycles. The van der Waals surface area contributed by atoms with Gasteiger partial charge in [0, 0.05) is 19.6 Å². The summed E-state index contributed by atoms with van der Waals surface area (Å²) in [5.41, 5.74) is 2.86. The van der Waals surface area contributed by atoms with Crippen molar-refractivity contribution >= 4 is 27.5 Å². The molecule has 5 heteroatoms. The van der Waals surface area contributed by atoms with E-state index < -0.39 is 0 Å². The average Bonchev–Trinajstić information content (AvgIpc) is 3.15. The maximum Gasteiger partial charge on any atom is 0.270 e. The number of hydrogen-bond acceptors (Lipinski definition) is 3. The van der Waals surface area contributed by atoms with E-state index in [1.54, 1.807) is 16.2 Å². The molecule has 1 amide bonds. The summed E-state index contributed by atoms with van der Waals surface area (Å²) in [7, 11) is 0. The maximum atomic E-state index is 13.0. The van der Waals surface area contributed by atoms with Crippen molar-refractivity contribution in [1.29, 1.82) is 0 Å². The predicted molar refractivity (Wildman–Crippen MR) is 93.8 cm³/mol. The van der Waals surface area contributed by atoms with Gasteiger partial charge < -0.3 is 14.6 Å². The summed E-state index contributed by atoms with van der Waals surface area (Å²) in [5, 5.41) is 11.4. The largest absolute Gasteiger partial charge is 0.395 e. The van der Waals surface area contributed by atoms with Crippen LogP contribution >= 0.6 is 11.3 Å². The van der Waals surface area contributed by atoms with E-state index in [1.165, 1.54) is 0 Å². The van der Waals surface area contributed by atoms with E-state index in [0.29, 0.717) is 18.8 Å². The highest BCUT2D eigenvalue weighted by Gasteiger charge is 2.21. The normalized spacial score (nSPS) is 11.0. The Morgan fingerprint density at radius 3 is 2.74 bits per heavy atom. The molecule has 0 bridgehead atoms. The van der Waals surface area contributed by atoms with Crippen molar-refractivity contribution in [3.05, 3.63) is 59.1 Å². The Labute approximate surface area is 139 Å². The number of aryl methyl sites for hydroxylation is 1. The van der Waals surface area contributed by atoms with Crippen LogP contribution < -0.4 is 0 Å². The highest BCUT2D eigenvalue weighted by molar-refractivity contribution is 7.17. The smallest absolute Gasteiger partial charge is 0.270 e. The second-order valence-corrected chi connectivity index (χ2v) is 6.33. The van der Waals surface area contributed by atoms with Crippen LogP contribution in [0.3, 0.4) is 0 Å². The number of fused-ring (bicyclic) bond motifs is 1. The molecule has 1 aromatic carbocycles. The Morgan fingerprint density at radius 1 is 1.26 bits per heavy atom. The summed E-state index contributed by atoms with van der Waals surface area (Å²) in [5.74, 6) is -0.0341. The molecule has 3 aromatic rings. The molecule has 1 N–H and O–H groups in total. The minimum absolute atomic E-state index is 0.0341. The Bertz CT molecular complexity index is 792. The quantitative estimate of drug-likeness (QED) is 0.754. The van der Waals surface area contributed by atoms with E-state index in [-0.39, 0.29) is 12.5 Å². The lowest BCUT2D eigenvalue weighted by Gasteiger charge is -2.22. The Hall–Kier alpha value is -2.11. The third-order valence-corrected chi connectivity index (χ3v) is 4.78. The minimum atomic E-state index is -0.0419. The van der Waals surface area contributed by atoms with E-state index in [2.05, 4.69) is 0 Å². The van der Waals surface area contributed by atoms with E-state index in [9.17, 15) is 9.90 Å². The van der Waals surface area contributed by atoms with E-state index in [4.69, 9.17) is 0 Å². The molecule has 0 fully saturated rings. The molecule has 0 radical (unpaired) electrons. The molecule has 2 heterocycles. The molecule has 0 saturated heterocycles. The molecule has 4 nitrogen and oxygen atoms in total. The molecule has 0 spiro atoms. The third-order valence-electron chi connectivity index (χ3n) is 3.93. The number of amides is 1. The topological polar surface area (TPSA) is 45.5 Å². The van der Waals surface area contributed by atoms with Crippen molar-refractivity contribution in [3.8, 4) is 0 Å². The summed E-state index contributed by atoms with van der Waals surface area (Å²) in [4.78, 5) is 14.7. The van der Waals surface area contributed by atoms with Crippen LogP contribution in [0.15, 0.2) is 47.8 Å². The highest BCUT2D eigenvalue weighted by atomic mass is 32.1. The van der Waals surface area contributed by atoms with Gasteiger partial charge in [0.2, 0.25) is 0 Å². The average molecular weight is 328 g/mol. The van der Waals surface area contributed by atoms with Crippen molar-refractivity contribution in [2.45, 2.75) is 20.0 Å². The molecule has 0 atom stereocenters. The Kier molecular flexibility index (Phi) is 4.79. The summed E-state index contributed by atoms with van der Waals surface area (Å²) in [6.07, 6.45) is 0. The zero-order valence-electron chi connectivity index (χ0n) is 13.1. The first-order chi connectivity index (χ1) is 11.2. The zero-order valence-corrected chi connectivity index (χ0v) is 13.9. The van der Waals surface area contributed by atoms with Gasteiger partial charge in [0.15, 0.2) is 0 Å². The van der Waals surface area contributed by atoms with Crippen LogP contribution in [0.2, 0.25) is 0 Å². The number of aliphatic hydroxyl groups excluding tert-OH is 1. The molecular weight excluding hydrogens is 308 g/mol. The van der Waals surface area contributed by atoms with E-state index in [1.807, 2.05) is 59.3 Å². The highest BCUT2D eigenvalue weighted by Crippen LogP contribution is 2.26. The van der Waals surface area contributed by atoms with E-state index in [0.717, 1.165) is 22.3 Å². The molecule has 120 valence electrons. The lowest BCUT2D eigenvalue weighted by molar-refractivity contribution is 0.0697. The minimum Gasteiger partial charge on any atom is -0.395 e. The van der Waals surface area contributed by atoms with Crippen LogP contribution in [0.5, 0.6) is 0 Å². The van der Waals surface area contributed by atoms with Crippen LogP contribution in [0.25, 0.3) is 10.2 Å². The van der Waals surface area contributed by atoms with Crippen molar-refractivity contribution in [3.63, 3.8) is 0 Å². The fourth-order valence-corrected chi connectivity index (χ4v) is 3.66. The number of aliphatic hydroxyl groups is 1. The number of carbonyl (C=O) groups excluding carboxylic acids is 1. The Balaban J connectivity index is 1.91. The summed E-state index contributed by atoms with van der Waals surface area (Å²) >= 11 is 1.64. The predicted octanol–water partition coefficient (Wildman–Crippen LogP) is 3.36. The molecule has 23 heavy (non-hydrogen) atoms. The number of rotatable bonds is 6. The summed E-state index contributed by atoms with van der Waals surface area (Å²) in [6, 6.07) is 13.9. The van der Waals surface area contributed by atoms with Crippen LogP contribution in [-0.4, -0.2) is 33.6 Å². The van der Waals surface area contributed by atoms with Crippen molar-refractivity contribution in [1.82, 2.24) is 9.47 Å². The van der Waals surface area contributed by atoms with Gasteiger partial charge in [0.05, 0.1) is 16.8 Å². The third kappa shape index (κ3) is 3.16. The van der Waals surface area contributed by atoms with Gasteiger partial charge in [0.1, 0.15) is 5.69 Å². The van der Waals surface area contributed by atoms with Crippen molar-refractivity contribution in [2.24, 2.45) is 0 Å². The zero-order chi connectivity index (χ0) is 16.2. The maximum absolute atomic E-state index is 13.0. The van der Waals surface area contributed by atoms with Gasteiger partial charge in [-0.3, -0.25) is 4.79 Å². The molecule has 0 unspecified atom stereocenters. The fraction of sp³-hybridized carbons (Fsp3) is 0.278. The number of carbonyl (C=O) groups is 1. The summed E-state index contributed by atoms with van der Waals surface area (Å²) in [6.45, 7) is 3.58. The molecule has 0 saturated carbocycles. The summed E-state index contributed by atoms with van der Waals surface area (Å²) < 4.78 is 3.17. The first-order valence-electron chi connectivity index (χ1n) is 7.75. The van der Waals surface area contributed by atoms with Gasteiger partial charge in [-0.25, -0.2) is 0 Å². The van der Waals surface area contributed by atoms with Gasteiger partial charge in [-0.2, -0.15) is 0 Å². The molecule has 3 rings (SSSR count). The van der Waals surface area contributed by atoms with Gasteiger partial charge in [-0.15, -0.1) is 11.3 Å². The first-order valence-corrected chi connectivity index (χ1v) is 8.63. The van der Waals surface area contributed by atoms with Gasteiger partial charge in [-0.1, -0.05) is 30.3 Å². The standard InChI is InChI=1S/C18H20N2O2S/c1-2-20-15-8-11-23-17(15)12-16(20)18(22)19(9-10-21)13-14-6-4-3-5-7-14/h3-8,11-12,21H,2,9-10,13H2,1H3. The molecule has 0 aliphatic rings. The van der Waals surface area contributed by atoms with Crippen LogP contribution in [0, 0.1) is 0 Å². The molecule has 2 aromatic heterocycles. The monoisotopic (exact) mass is 328 g/mol. The van der Waals surface area contributed by atoms with Gasteiger partial charge in [0.25, 0.3) is 5.91 Å². The number of nitrogens with zero attached hydrogens (tertiary/aromatic N) is 2. The number of aromatic nitrogens is 1. The second-order valence-electron chi connectivity index (χ2n) is 5.38. The van der Waals surface area contributed by atoms with Gasteiger partial charge >= 0.3 is 0 Å².